The lowest BCUT2D eigenvalue weighted by Gasteiger charge is -1.86. The standard InChI is InChI=1S/C3H9NO.3CH4/c1-2-5-3-4;;;/h2-4H2,1H3;3*1H4. The molecule has 0 bridgehead atoms. The second-order valence-corrected chi connectivity index (χ2v) is 0.659. The molecule has 0 aliphatic heterocycles. The van der Waals surface area contributed by atoms with Gasteiger partial charge in [-0.25, -0.2) is 0 Å². The molecular weight excluding hydrogens is 102 g/mol. The lowest BCUT2D eigenvalue weighted by molar-refractivity contribution is 0.155. The van der Waals surface area contributed by atoms with Gasteiger partial charge in [-0.05, 0) is 6.92 Å². The summed E-state index contributed by atoms with van der Waals surface area (Å²) in [6.45, 7) is 2.97. The highest BCUT2D eigenvalue weighted by Gasteiger charge is 1.63. The van der Waals surface area contributed by atoms with Gasteiger partial charge >= 0.3 is 0 Å². The molecule has 8 heavy (non-hydrogen) atoms. The predicted octanol–water partition coefficient (Wildman–Crippen LogP) is 1.85. The monoisotopic (exact) mass is 123 g/mol. The Balaban J connectivity index is -0.0000000267. The highest BCUT2D eigenvalue weighted by atomic mass is 16.5. The number of hydrogen-bond acceptors (Lipinski definition) is 2. The van der Waals surface area contributed by atoms with Gasteiger partial charge in [-0.15, -0.1) is 0 Å². The molecule has 0 aromatic carbocycles. The zero-order chi connectivity index (χ0) is 4.12. The van der Waals surface area contributed by atoms with E-state index in [-0.39, 0.29) is 22.3 Å². The van der Waals surface area contributed by atoms with Crippen LogP contribution in [0.2, 0.25) is 0 Å². The fourth-order valence-corrected chi connectivity index (χ4v) is 0.118. The van der Waals surface area contributed by atoms with Gasteiger partial charge in [0.05, 0.1) is 6.73 Å². The van der Waals surface area contributed by atoms with Crippen LogP contribution in [0.5, 0.6) is 0 Å². The van der Waals surface area contributed by atoms with Crippen molar-refractivity contribution < 1.29 is 4.74 Å². The van der Waals surface area contributed by atoms with E-state index in [0.29, 0.717) is 6.73 Å². The molecule has 0 spiro atoms. The SMILES string of the molecule is C.C.C.CCOCN. The first-order valence-corrected chi connectivity index (χ1v) is 1.69. The minimum absolute atomic E-state index is 0. The first-order valence-electron chi connectivity index (χ1n) is 1.69. The van der Waals surface area contributed by atoms with Crippen LogP contribution in [0.15, 0.2) is 0 Å². The average molecular weight is 123 g/mol. The quantitative estimate of drug-likeness (QED) is 0.569. The molecule has 56 valence electrons. The third-order valence-electron chi connectivity index (χ3n) is 0.322. The van der Waals surface area contributed by atoms with Crippen molar-refractivity contribution in [3.63, 3.8) is 0 Å². The largest absolute Gasteiger partial charge is 0.367 e. The topological polar surface area (TPSA) is 35.2 Å². The number of rotatable bonds is 2. The van der Waals surface area contributed by atoms with Crippen LogP contribution in [-0.4, -0.2) is 13.3 Å². The van der Waals surface area contributed by atoms with E-state index in [1.165, 1.54) is 0 Å². The summed E-state index contributed by atoms with van der Waals surface area (Å²) in [7, 11) is 0. The third kappa shape index (κ3) is 38.9. The van der Waals surface area contributed by atoms with Crippen molar-refractivity contribution in [2.75, 3.05) is 13.3 Å². The summed E-state index contributed by atoms with van der Waals surface area (Å²) in [5.74, 6) is 0. The van der Waals surface area contributed by atoms with Gasteiger partial charge in [0.1, 0.15) is 0 Å². The van der Waals surface area contributed by atoms with E-state index < -0.39 is 0 Å². The molecule has 0 radical (unpaired) electrons. The van der Waals surface area contributed by atoms with E-state index in [1.54, 1.807) is 0 Å². The van der Waals surface area contributed by atoms with Crippen LogP contribution in [0, 0.1) is 0 Å². The first kappa shape index (κ1) is 24.7. The fraction of sp³-hybridized carbons (Fsp3) is 1.00. The van der Waals surface area contributed by atoms with Crippen LogP contribution in [0.1, 0.15) is 29.2 Å². The summed E-state index contributed by atoms with van der Waals surface area (Å²) in [5, 5.41) is 0. The van der Waals surface area contributed by atoms with Crippen LogP contribution in [0.3, 0.4) is 0 Å². The summed E-state index contributed by atoms with van der Waals surface area (Å²) >= 11 is 0. The van der Waals surface area contributed by atoms with Crippen molar-refractivity contribution in [3.8, 4) is 0 Å². The molecule has 2 nitrogen and oxygen atoms in total. The number of hydrogen-bond donors (Lipinski definition) is 1. The van der Waals surface area contributed by atoms with Gasteiger partial charge in [0.15, 0.2) is 0 Å². The van der Waals surface area contributed by atoms with E-state index >= 15 is 0 Å². The maximum Gasteiger partial charge on any atom is 0.0940 e. The highest BCUT2D eigenvalue weighted by Crippen LogP contribution is 1.58. The van der Waals surface area contributed by atoms with Gasteiger partial charge in [-0.1, -0.05) is 22.3 Å². The Morgan fingerprint density at radius 3 is 1.62 bits per heavy atom. The molecule has 0 atom stereocenters. The third-order valence-corrected chi connectivity index (χ3v) is 0.322. The van der Waals surface area contributed by atoms with Crippen molar-refractivity contribution in [2.24, 2.45) is 5.73 Å². The Kier molecular flexibility index (Phi) is 87.8. The van der Waals surface area contributed by atoms with E-state index in [4.69, 9.17) is 5.73 Å². The maximum atomic E-state index is 4.92. The van der Waals surface area contributed by atoms with Crippen molar-refractivity contribution in [1.82, 2.24) is 0 Å². The zero-order valence-corrected chi connectivity index (χ0v) is 3.40. The van der Waals surface area contributed by atoms with Crippen LogP contribution in [0.25, 0.3) is 0 Å². The molecule has 0 saturated carbocycles. The van der Waals surface area contributed by atoms with Crippen LogP contribution < -0.4 is 5.73 Å². The highest BCUT2D eigenvalue weighted by molar-refractivity contribution is 4.04. The lowest BCUT2D eigenvalue weighted by Crippen LogP contribution is -2.02. The summed E-state index contributed by atoms with van der Waals surface area (Å²) in [4.78, 5) is 0. The molecule has 0 unspecified atom stereocenters. The minimum Gasteiger partial charge on any atom is -0.367 e. The van der Waals surface area contributed by atoms with Crippen molar-refractivity contribution in [1.29, 1.82) is 0 Å². The lowest BCUT2D eigenvalue weighted by atomic mass is 10.9. The molecule has 0 saturated heterocycles. The molecule has 0 aliphatic carbocycles. The Bertz CT molecular complexity index is 16.0. The van der Waals surface area contributed by atoms with Gasteiger partial charge in [0.25, 0.3) is 0 Å². The molecule has 0 fully saturated rings. The van der Waals surface area contributed by atoms with Gasteiger partial charge in [-0.2, -0.15) is 0 Å². The second kappa shape index (κ2) is 28.4. The Morgan fingerprint density at radius 1 is 1.25 bits per heavy atom. The van der Waals surface area contributed by atoms with Crippen molar-refractivity contribution >= 4 is 0 Å². The Hall–Kier alpha value is -0.0800. The number of nitrogens with two attached hydrogens (primary N) is 1. The molecular formula is C6H21NO. The van der Waals surface area contributed by atoms with Crippen molar-refractivity contribution in [2.45, 2.75) is 29.2 Å². The van der Waals surface area contributed by atoms with Crippen LogP contribution >= 0.6 is 0 Å². The van der Waals surface area contributed by atoms with E-state index in [2.05, 4.69) is 4.74 Å². The van der Waals surface area contributed by atoms with Crippen molar-refractivity contribution in [3.05, 3.63) is 0 Å². The van der Waals surface area contributed by atoms with Crippen LogP contribution in [0.4, 0.5) is 0 Å². The molecule has 0 amide bonds. The molecule has 2 heteroatoms. The predicted molar refractivity (Wildman–Crippen MR) is 40.9 cm³/mol. The zero-order valence-electron chi connectivity index (χ0n) is 3.40. The van der Waals surface area contributed by atoms with Gasteiger partial charge in [-0.3, -0.25) is 0 Å². The summed E-state index contributed by atoms with van der Waals surface area (Å²) in [5.41, 5.74) is 4.92. The summed E-state index contributed by atoms with van der Waals surface area (Å²) < 4.78 is 4.61. The Morgan fingerprint density at radius 2 is 1.62 bits per heavy atom. The van der Waals surface area contributed by atoms with Crippen LogP contribution in [-0.2, 0) is 4.74 Å². The number of ether oxygens (including phenoxy) is 1. The normalized spacial score (nSPS) is 5.25. The molecule has 2 N–H and O–H groups in total. The molecule has 0 aromatic heterocycles. The maximum absolute atomic E-state index is 4.92. The molecule has 0 aliphatic rings. The minimum atomic E-state index is 0. The Labute approximate surface area is 54.0 Å². The second-order valence-electron chi connectivity index (χ2n) is 0.659. The molecule has 0 rings (SSSR count). The van der Waals surface area contributed by atoms with E-state index in [9.17, 15) is 0 Å². The van der Waals surface area contributed by atoms with Gasteiger partial charge < -0.3 is 10.5 Å². The van der Waals surface area contributed by atoms with Gasteiger partial charge in [0.2, 0.25) is 0 Å². The summed E-state index contributed by atoms with van der Waals surface area (Å²) in [6, 6.07) is 0. The van der Waals surface area contributed by atoms with E-state index in [0.717, 1.165) is 6.61 Å². The molecule has 0 heterocycles. The van der Waals surface area contributed by atoms with E-state index in [1.807, 2.05) is 6.92 Å². The smallest absolute Gasteiger partial charge is 0.0940 e. The first-order chi connectivity index (χ1) is 2.41. The molecule has 0 aromatic rings. The average Bonchev–Trinajstić information content (AvgIpc) is 1.41. The fourth-order valence-electron chi connectivity index (χ4n) is 0.118. The summed E-state index contributed by atoms with van der Waals surface area (Å²) in [6.07, 6.45) is 0. The van der Waals surface area contributed by atoms with Gasteiger partial charge in [0, 0.05) is 6.61 Å².